The quantitative estimate of drug-likeness (QED) is 0.243. The molecule has 0 aliphatic heterocycles. The van der Waals surface area contributed by atoms with E-state index in [2.05, 4.69) is 16.8 Å². The Morgan fingerprint density at radius 3 is 2.60 bits per heavy atom. The van der Waals surface area contributed by atoms with E-state index in [0.29, 0.717) is 31.1 Å². The Morgan fingerprint density at radius 1 is 1.11 bits per heavy atom. The number of rotatable bonds is 9. The summed E-state index contributed by atoms with van der Waals surface area (Å²) < 4.78 is 18.8. The van der Waals surface area contributed by atoms with Gasteiger partial charge in [0.2, 0.25) is 5.89 Å². The average Bonchev–Trinajstić information content (AvgIpc) is 3.54. The zero-order valence-electron chi connectivity index (χ0n) is 20.2. The molecule has 2 aromatic carbocycles. The van der Waals surface area contributed by atoms with E-state index < -0.39 is 6.04 Å². The molecule has 0 unspecified atom stereocenters. The van der Waals surface area contributed by atoms with Crippen LogP contribution in [-0.2, 0) is 22.4 Å². The molecular formula is C29H28N2O4. The number of carbonyl (C=O) groups is 1. The molecule has 0 aliphatic carbocycles. The van der Waals surface area contributed by atoms with Crippen molar-refractivity contribution in [1.82, 2.24) is 9.55 Å². The topological polar surface area (TPSA) is 66.5 Å². The SMILES string of the molecule is CC#Cc1cc(C[C@@H](C(=O)OC)n2cccc2)ccc1OCCc1nc(-c2ccccc2)oc1C. The van der Waals surface area contributed by atoms with Crippen LogP contribution in [0.4, 0.5) is 0 Å². The summed E-state index contributed by atoms with van der Waals surface area (Å²) >= 11 is 0. The molecule has 4 aromatic rings. The molecule has 0 radical (unpaired) electrons. The van der Waals surface area contributed by atoms with Gasteiger partial charge in [0.15, 0.2) is 0 Å². The molecule has 0 saturated heterocycles. The highest BCUT2D eigenvalue weighted by Crippen LogP contribution is 2.25. The highest BCUT2D eigenvalue weighted by molar-refractivity contribution is 5.74. The standard InChI is InChI=1S/C29H28N2O4/c1-4-10-24-19-22(20-26(29(32)33-3)31-16-8-9-17-31)13-14-27(24)34-18-15-25-21(2)35-28(30-25)23-11-6-5-7-12-23/h5-9,11-14,16-17,19,26H,15,18,20H2,1-3H3/t26-/m0/s1. The van der Waals surface area contributed by atoms with Crippen LogP contribution >= 0.6 is 0 Å². The van der Waals surface area contributed by atoms with E-state index in [9.17, 15) is 4.79 Å². The van der Waals surface area contributed by atoms with Crippen molar-refractivity contribution in [2.24, 2.45) is 0 Å². The van der Waals surface area contributed by atoms with Crippen LogP contribution in [0.1, 0.15) is 35.5 Å². The van der Waals surface area contributed by atoms with Gasteiger partial charge in [0.05, 0.1) is 25.0 Å². The van der Waals surface area contributed by atoms with Crippen molar-refractivity contribution in [2.45, 2.75) is 32.7 Å². The van der Waals surface area contributed by atoms with E-state index in [4.69, 9.17) is 13.9 Å². The molecule has 0 fully saturated rings. The molecule has 178 valence electrons. The molecule has 4 rings (SSSR count). The number of nitrogens with zero attached hydrogens (tertiary/aromatic N) is 2. The van der Waals surface area contributed by atoms with Crippen molar-refractivity contribution in [2.75, 3.05) is 13.7 Å². The summed E-state index contributed by atoms with van der Waals surface area (Å²) in [6, 6.07) is 19.0. The minimum absolute atomic E-state index is 0.289. The number of aromatic nitrogens is 2. The van der Waals surface area contributed by atoms with Gasteiger partial charge in [0.25, 0.3) is 0 Å². The summed E-state index contributed by atoms with van der Waals surface area (Å²) in [6.07, 6.45) is 4.82. The van der Waals surface area contributed by atoms with E-state index in [1.54, 1.807) is 6.92 Å². The normalized spacial score (nSPS) is 11.4. The summed E-state index contributed by atoms with van der Waals surface area (Å²) in [5.41, 5.74) is 3.57. The molecule has 6 heteroatoms. The minimum atomic E-state index is -0.446. The van der Waals surface area contributed by atoms with Crippen LogP contribution in [0.25, 0.3) is 11.5 Å². The van der Waals surface area contributed by atoms with Gasteiger partial charge in [-0.25, -0.2) is 9.78 Å². The third kappa shape index (κ3) is 5.82. The second-order valence-corrected chi connectivity index (χ2v) is 8.07. The Labute approximate surface area is 205 Å². The van der Waals surface area contributed by atoms with Crippen molar-refractivity contribution < 1.29 is 18.7 Å². The third-order valence-electron chi connectivity index (χ3n) is 5.70. The molecule has 1 atom stereocenters. The number of aryl methyl sites for hydroxylation is 1. The Balaban J connectivity index is 1.45. The Hall–Kier alpha value is -4.24. The second-order valence-electron chi connectivity index (χ2n) is 8.07. The Bertz CT molecular complexity index is 1330. The molecule has 35 heavy (non-hydrogen) atoms. The van der Waals surface area contributed by atoms with Crippen molar-refractivity contribution in [1.29, 1.82) is 0 Å². The second kappa shape index (κ2) is 11.3. The number of hydrogen-bond donors (Lipinski definition) is 0. The number of benzene rings is 2. The van der Waals surface area contributed by atoms with E-state index in [0.717, 1.165) is 28.1 Å². The first-order valence-electron chi connectivity index (χ1n) is 11.5. The van der Waals surface area contributed by atoms with Crippen LogP contribution in [0.2, 0.25) is 0 Å². The molecular weight excluding hydrogens is 440 g/mol. The Kier molecular flexibility index (Phi) is 7.69. The summed E-state index contributed by atoms with van der Waals surface area (Å²) in [7, 11) is 1.41. The first kappa shape index (κ1) is 23.9. The lowest BCUT2D eigenvalue weighted by Crippen LogP contribution is -2.22. The number of methoxy groups -OCH3 is 1. The first-order chi connectivity index (χ1) is 17.1. The molecule has 0 aliphatic rings. The fraction of sp³-hybridized carbons (Fsp3) is 0.241. The van der Waals surface area contributed by atoms with Crippen molar-refractivity contribution >= 4 is 5.97 Å². The van der Waals surface area contributed by atoms with Crippen LogP contribution in [0.5, 0.6) is 5.75 Å². The number of hydrogen-bond acceptors (Lipinski definition) is 5. The molecule has 2 aromatic heterocycles. The first-order valence-corrected chi connectivity index (χ1v) is 11.5. The number of ether oxygens (including phenoxy) is 2. The maximum atomic E-state index is 12.4. The van der Waals surface area contributed by atoms with Gasteiger partial charge in [-0.1, -0.05) is 30.2 Å². The van der Waals surface area contributed by atoms with Gasteiger partial charge in [-0.3, -0.25) is 0 Å². The zero-order chi connectivity index (χ0) is 24.6. The van der Waals surface area contributed by atoms with Gasteiger partial charge < -0.3 is 18.5 Å². The summed E-state index contributed by atoms with van der Waals surface area (Å²) in [5, 5.41) is 0. The fourth-order valence-corrected chi connectivity index (χ4v) is 3.91. The zero-order valence-corrected chi connectivity index (χ0v) is 20.2. The highest BCUT2D eigenvalue weighted by Gasteiger charge is 2.21. The largest absolute Gasteiger partial charge is 0.492 e. The minimum Gasteiger partial charge on any atom is -0.492 e. The molecule has 6 nitrogen and oxygen atoms in total. The van der Waals surface area contributed by atoms with Crippen molar-refractivity contribution in [3.63, 3.8) is 0 Å². The van der Waals surface area contributed by atoms with E-state index in [1.165, 1.54) is 7.11 Å². The lowest BCUT2D eigenvalue weighted by atomic mass is 10.0. The third-order valence-corrected chi connectivity index (χ3v) is 5.70. The molecule has 0 bridgehead atoms. The molecule has 0 spiro atoms. The van der Waals surface area contributed by atoms with Crippen LogP contribution in [0, 0.1) is 18.8 Å². The van der Waals surface area contributed by atoms with E-state index >= 15 is 0 Å². The predicted molar refractivity (Wildman–Crippen MR) is 134 cm³/mol. The van der Waals surface area contributed by atoms with Crippen LogP contribution < -0.4 is 4.74 Å². The van der Waals surface area contributed by atoms with E-state index in [-0.39, 0.29) is 5.97 Å². The van der Waals surface area contributed by atoms with Gasteiger partial charge in [-0.05, 0) is 55.8 Å². The maximum Gasteiger partial charge on any atom is 0.329 e. The molecule has 2 heterocycles. The summed E-state index contributed by atoms with van der Waals surface area (Å²) in [6.45, 7) is 4.14. The molecule has 0 saturated carbocycles. The van der Waals surface area contributed by atoms with Gasteiger partial charge >= 0.3 is 5.97 Å². The van der Waals surface area contributed by atoms with Gasteiger partial charge in [-0.15, -0.1) is 5.92 Å². The lowest BCUT2D eigenvalue weighted by molar-refractivity contribution is -0.144. The number of carbonyl (C=O) groups excluding carboxylic acids is 1. The summed E-state index contributed by atoms with van der Waals surface area (Å²) in [5.74, 6) is 7.88. The smallest absolute Gasteiger partial charge is 0.329 e. The van der Waals surface area contributed by atoms with Crippen molar-refractivity contribution in [3.05, 3.63) is 95.6 Å². The molecule has 0 N–H and O–H groups in total. The van der Waals surface area contributed by atoms with Crippen LogP contribution in [0.3, 0.4) is 0 Å². The monoisotopic (exact) mass is 468 g/mol. The van der Waals surface area contributed by atoms with Gasteiger partial charge in [0, 0.05) is 30.8 Å². The van der Waals surface area contributed by atoms with Crippen LogP contribution in [0.15, 0.2) is 77.5 Å². The van der Waals surface area contributed by atoms with Crippen LogP contribution in [-0.4, -0.2) is 29.2 Å². The fourth-order valence-electron chi connectivity index (χ4n) is 3.91. The molecule has 0 amide bonds. The van der Waals surface area contributed by atoms with Gasteiger partial charge in [-0.2, -0.15) is 0 Å². The Morgan fingerprint density at radius 2 is 1.89 bits per heavy atom. The maximum absolute atomic E-state index is 12.4. The lowest BCUT2D eigenvalue weighted by Gasteiger charge is -2.17. The average molecular weight is 469 g/mol. The van der Waals surface area contributed by atoms with E-state index in [1.807, 2.05) is 84.5 Å². The highest BCUT2D eigenvalue weighted by atomic mass is 16.5. The van der Waals surface area contributed by atoms with Gasteiger partial charge in [0.1, 0.15) is 17.6 Å². The number of esters is 1. The predicted octanol–water partition coefficient (Wildman–Crippen LogP) is 5.40. The van der Waals surface area contributed by atoms with Crippen molar-refractivity contribution in [3.8, 4) is 29.0 Å². The summed E-state index contributed by atoms with van der Waals surface area (Å²) in [4.78, 5) is 17.0. The number of oxazole rings is 1.